The molecule has 14 heavy (non-hydrogen) atoms. The number of rotatable bonds is 5. The highest BCUT2D eigenvalue weighted by atomic mass is 79.9. The third-order valence-corrected chi connectivity index (χ3v) is 4.01. The van der Waals surface area contributed by atoms with Gasteiger partial charge >= 0.3 is 0 Å². The molecule has 0 aliphatic heterocycles. The SMILES string of the molecule is BrCCN(CC1CCCCC1)C1CC1. The van der Waals surface area contributed by atoms with Gasteiger partial charge in [-0.15, -0.1) is 0 Å². The highest BCUT2D eigenvalue weighted by Crippen LogP contribution is 2.31. The molecule has 0 N–H and O–H groups in total. The summed E-state index contributed by atoms with van der Waals surface area (Å²) < 4.78 is 0. The van der Waals surface area contributed by atoms with Crippen molar-refractivity contribution in [2.45, 2.75) is 51.0 Å². The topological polar surface area (TPSA) is 3.24 Å². The molecule has 2 aliphatic carbocycles. The van der Waals surface area contributed by atoms with Crippen LogP contribution in [0.15, 0.2) is 0 Å². The summed E-state index contributed by atoms with van der Waals surface area (Å²) >= 11 is 3.57. The molecule has 2 heteroatoms. The molecule has 0 aromatic heterocycles. The quantitative estimate of drug-likeness (QED) is 0.684. The van der Waals surface area contributed by atoms with Crippen LogP contribution in [0.5, 0.6) is 0 Å². The van der Waals surface area contributed by atoms with E-state index in [1.54, 1.807) is 0 Å². The molecule has 0 amide bonds. The molecule has 0 saturated heterocycles. The van der Waals surface area contributed by atoms with Crippen molar-refractivity contribution in [3.05, 3.63) is 0 Å². The fourth-order valence-electron chi connectivity index (χ4n) is 2.67. The van der Waals surface area contributed by atoms with Crippen LogP contribution in [0.1, 0.15) is 44.9 Å². The van der Waals surface area contributed by atoms with Crippen molar-refractivity contribution >= 4 is 15.9 Å². The van der Waals surface area contributed by atoms with Crippen LogP contribution >= 0.6 is 15.9 Å². The lowest BCUT2D eigenvalue weighted by Gasteiger charge is -2.29. The van der Waals surface area contributed by atoms with Gasteiger partial charge in [-0.25, -0.2) is 0 Å². The molecule has 2 fully saturated rings. The number of alkyl halides is 1. The molecule has 0 heterocycles. The van der Waals surface area contributed by atoms with Crippen molar-refractivity contribution in [1.29, 1.82) is 0 Å². The molecule has 1 nitrogen and oxygen atoms in total. The minimum absolute atomic E-state index is 0.953. The summed E-state index contributed by atoms with van der Waals surface area (Å²) in [6.45, 7) is 2.65. The van der Waals surface area contributed by atoms with Crippen molar-refractivity contribution in [3.63, 3.8) is 0 Å². The summed E-state index contributed by atoms with van der Waals surface area (Å²) in [5, 5.41) is 1.15. The second kappa shape index (κ2) is 5.50. The van der Waals surface area contributed by atoms with Crippen LogP contribution < -0.4 is 0 Å². The minimum atomic E-state index is 0.953. The van der Waals surface area contributed by atoms with Gasteiger partial charge in [0.15, 0.2) is 0 Å². The normalized spacial score (nSPS) is 24.4. The van der Waals surface area contributed by atoms with Crippen molar-refractivity contribution in [1.82, 2.24) is 4.90 Å². The molecule has 0 atom stereocenters. The summed E-state index contributed by atoms with van der Waals surface area (Å²) in [4.78, 5) is 2.73. The van der Waals surface area contributed by atoms with Crippen molar-refractivity contribution in [2.75, 3.05) is 18.4 Å². The highest BCUT2D eigenvalue weighted by molar-refractivity contribution is 9.09. The predicted molar refractivity (Wildman–Crippen MR) is 65.0 cm³/mol. The van der Waals surface area contributed by atoms with Crippen molar-refractivity contribution in [3.8, 4) is 0 Å². The zero-order valence-electron chi connectivity index (χ0n) is 9.05. The van der Waals surface area contributed by atoms with Gasteiger partial charge < -0.3 is 0 Å². The first-order valence-corrected chi connectivity index (χ1v) is 7.32. The van der Waals surface area contributed by atoms with Crippen molar-refractivity contribution in [2.24, 2.45) is 5.92 Å². The van der Waals surface area contributed by atoms with Gasteiger partial charge in [0.2, 0.25) is 0 Å². The number of nitrogens with zero attached hydrogens (tertiary/aromatic N) is 1. The zero-order chi connectivity index (χ0) is 9.80. The first-order valence-electron chi connectivity index (χ1n) is 6.20. The van der Waals surface area contributed by atoms with E-state index in [1.165, 1.54) is 58.0 Å². The maximum atomic E-state index is 3.57. The smallest absolute Gasteiger partial charge is 0.0159 e. The minimum Gasteiger partial charge on any atom is -0.299 e. The summed E-state index contributed by atoms with van der Waals surface area (Å²) in [5.41, 5.74) is 0. The molecular weight excluding hydrogens is 238 g/mol. The van der Waals surface area contributed by atoms with Gasteiger partial charge in [0.25, 0.3) is 0 Å². The first-order chi connectivity index (χ1) is 6.90. The lowest BCUT2D eigenvalue weighted by molar-refractivity contribution is 0.202. The zero-order valence-corrected chi connectivity index (χ0v) is 10.6. The summed E-state index contributed by atoms with van der Waals surface area (Å²) in [7, 11) is 0. The Morgan fingerprint density at radius 3 is 2.29 bits per heavy atom. The molecule has 0 radical (unpaired) electrons. The second-order valence-corrected chi connectivity index (χ2v) is 5.71. The van der Waals surface area contributed by atoms with Crippen LogP contribution in [0, 0.1) is 5.92 Å². The Kier molecular flexibility index (Phi) is 4.30. The van der Waals surface area contributed by atoms with E-state index in [-0.39, 0.29) is 0 Å². The molecule has 0 aromatic carbocycles. The van der Waals surface area contributed by atoms with Gasteiger partial charge in [0.1, 0.15) is 0 Å². The van der Waals surface area contributed by atoms with Crippen LogP contribution in [-0.4, -0.2) is 29.4 Å². The molecule has 2 saturated carbocycles. The number of hydrogen-bond donors (Lipinski definition) is 0. The van der Waals surface area contributed by atoms with Crippen LogP contribution in [0.4, 0.5) is 0 Å². The Morgan fingerprint density at radius 1 is 1.00 bits per heavy atom. The van der Waals surface area contributed by atoms with Gasteiger partial charge in [-0.3, -0.25) is 4.90 Å². The number of hydrogen-bond acceptors (Lipinski definition) is 1. The average Bonchev–Trinajstić information content (AvgIpc) is 3.02. The molecule has 82 valence electrons. The Bertz CT molecular complexity index is 162. The fourth-order valence-corrected chi connectivity index (χ4v) is 3.13. The van der Waals surface area contributed by atoms with E-state index in [0.717, 1.165) is 17.3 Å². The molecule has 2 aliphatic rings. The van der Waals surface area contributed by atoms with Crippen molar-refractivity contribution < 1.29 is 0 Å². The van der Waals surface area contributed by atoms with E-state index in [0.29, 0.717) is 0 Å². The van der Waals surface area contributed by atoms with E-state index < -0.39 is 0 Å². The third kappa shape index (κ3) is 3.23. The maximum Gasteiger partial charge on any atom is 0.0159 e. The van der Waals surface area contributed by atoms with E-state index in [1.807, 2.05) is 0 Å². The van der Waals surface area contributed by atoms with Gasteiger partial charge in [-0.05, 0) is 31.6 Å². The van der Waals surface area contributed by atoms with E-state index in [2.05, 4.69) is 20.8 Å². The molecule has 0 spiro atoms. The molecule has 0 bridgehead atoms. The Hall–Kier alpha value is 0.440. The van der Waals surface area contributed by atoms with E-state index >= 15 is 0 Å². The predicted octanol–water partition coefficient (Wildman–Crippen LogP) is 3.43. The van der Waals surface area contributed by atoms with Gasteiger partial charge in [0, 0.05) is 24.5 Å². The Balaban J connectivity index is 1.73. The lowest BCUT2D eigenvalue weighted by Crippen LogP contribution is -2.33. The van der Waals surface area contributed by atoms with Crippen LogP contribution in [0.3, 0.4) is 0 Å². The monoisotopic (exact) mass is 259 g/mol. The summed E-state index contributed by atoms with van der Waals surface area (Å²) in [6.07, 6.45) is 10.4. The fraction of sp³-hybridized carbons (Fsp3) is 1.00. The molecular formula is C12H22BrN. The molecule has 0 aromatic rings. The van der Waals surface area contributed by atoms with E-state index in [9.17, 15) is 0 Å². The van der Waals surface area contributed by atoms with Crippen LogP contribution in [0.2, 0.25) is 0 Å². The number of halogens is 1. The Labute approximate surface area is 96.4 Å². The van der Waals surface area contributed by atoms with Gasteiger partial charge in [0.05, 0.1) is 0 Å². The second-order valence-electron chi connectivity index (χ2n) is 4.92. The first kappa shape index (κ1) is 10.9. The standard InChI is InChI=1S/C12H22BrN/c13-8-9-14(12-6-7-12)10-11-4-2-1-3-5-11/h11-12H,1-10H2. The Morgan fingerprint density at radius 2 is 1.71 bits per heavy atom. The van der Waals surface area contributed by atoms with Gasteiger partial charge in [-0.1, -0.05) is 35.2 Å². The van der Waals surface area contributed by atoms with Gasteiger partial charge in [-0.2, -0.15) is 0 Å². The average molecular weight is 260 g/mol. The van der Waals surface area contributed by atoms with Crippen LogP contribution in [-0.2, 0) is 0 Å². The maximum absolute atomic E-state index is 3.57. The summed E-state index contributed by atoms with van der Waals surface area (Å²) in [6, 6.07) is 0.953. The molecule has 0 unspecified atom stereocenters. The lowest BCUT2D eigenvalue weighted by atomic mass is 9.89. The molecule has 2 rings (SSSR count). The van der Waals surface area contributed by atoms with E-state index in [4.69, 9.17) is 0 Å². The van der Waals surface area contributed by atoms with Crippen LogP contribution in [0.25, 0.3) is 0 Å². The largest absolute Gasteiger partial charge is 0.299 e. The summed E-state index contributed by atoms with van der Waals surface area (Å²) in [5.74, 6) is 1.02. The third-order valence-electron chi connectivity index (χ3n) is 3.65. The highest BCUT2D eigenvalue weighted by Gasteiger charge is 2.30.